The van der Waals surface area contributed by atoms with Gasteiger partial charge in [0.15, 0.2) is 11.5 Å². The minimum absolute atomic E-state index is 0.618. The molecule has 112 valence electrons. The monoisotopic (exact) mass is 277 g/mol. The van der Waals surface area contributed by atoms with Crippen molar-refractivity contribution in [2.24, 2.45) is 5.92 Å². The predicted molar refractivity (Wildman–Crippen MR) is 82.4 cm³/mol. The summed E-state index contributed by atoms with van der Waals surface area (Å²) in [6, 6.07) is 6.95. The van der Waals surface area contributed by atoms with Gasteiger partial charge in [0.1, 0.15) is 0 Å². The van der Waals surface area contributed by atoms with Gasteiger partial charge in [-0.25, -0.2) is 0 Å². The van der Waals surface area contributed by atoms with E-state index >= 15 is 0 Å². The zero-order chi connectivity index (χ0) is 14.4. The average molecular weight is 277 g/mol. The van der Waals surface area contributed by atoms with Crippen molar-refractivity contribution in [1.82, 2.24) is 5.32 Å². The second kappa shape index (κ2) is 7.53. The summed E-state index contributed by atoms with van der Waals surface area (Å²) in [6.45, 7) is 6.11. The lowest BCUT2D eigenvalue weighted by Gasteiger charge is -2.16. The van der Waals surface area contributed by atoms with Gasteiger partial charge >= 0.3 is 0 Å². The summed E-state index contributed by atoms with van der Waals surface area (Å²) in [5, 5.41) is 3.53. The fraction of sp³-hybridized carbons (Fsp3) is 0.647. The Morgan fingerprint density at radius 1 is 1.20 bits per heavy atom. The standard InChI is InChI=1S/C17H27NO2/c1-4-13(5-2)12-20-17-10-14(6-9-16(17)19-3)11-18-15-7-8-15/h6,9-10,13,15,18H,4-5,7-8,11-12H2,1-3H3. The Morgan fingerprint density at radius 3 is 2.55 bits per heavy atom. The molecule has 0 aromatic heterocycles. The molecule has 0 saturated heterocycles. The van der Waals surface area contributed by atoms with Crippen LogP contribution in [0.3, 0.4) is 0 Å². The van der Waals surface area contributed by atoms with Crippen molar-refractivity contribution in [3.8, 4) is 11.5 Å². The molecule has 0 amide bonds. The largest absolute Gasteiger partial charge is 0.493 e. The van der Waals surface area contributed by atoms with E-state index in [9.17, 15) is 0 Å². The number of methoxy groups -OCH3 is 1. The number of rotatable bonds is 9. The van der Waals surface area contributed by atoms with Crippen molar-refractivity contribution in [3.63, 3.8) is 0 Å². The molecular weight excluding hydrogens is 250 g/mol. The molecule has 1 fully saturated rings. The van der Waals surface area contributed by atoms with E-state index in [1.165, 1.54) is 18.4 Å². The number of hydrogen-bond acceptors (Lipinski definition) is 3. The first-order chi connectivity index (χ1) is 9.76. The van der Waals surface area contributed by atoms with E-state index in [2.05, 4.69) is 31.3 Å². The van der Waals surface area contributed by atoms with Gasteiger partial charge in [0.2, 0.25) is 0 Å². The van der Waals surface area contributed by atoms with Crippen molar-refractivity contribution in [2.75, 3.05) is 13.7 Å². The molecule has 0 aliphatic heterocycles. The van der Waals surface area contributed by atoms with Gasteiger partial charge in [-0.3, -0.25) is 0 Å². The highest BCUT2D eigenvalue weighted by Gasteiger charge is 2.20. The van der Waals surface area contributed by atoms with E-state index in [0.717, 1.165) is 43.5 Å². The van der Waals surface area contributed by atoms with Gasteiger partial charge in [-0.2, -0.15) is 0 Å². The predicted octanol–water partition coefficient (Wildman–Crippen LogP) is 3.76. The first-order valence-corrected chi connectivity index (χ1v) is 7.79. The summed E-state index contributed by atoms with van der Waals surface area (Å²) in [5.74, 6) is 2.31. The lowest BCUT2D eigenvalue weighted by molar-refractivity contribution is 0.230. The first-order valence-electron chi connectivity index (χ1n) is 7.79. The van der Waals surface area contributed by atoms with Crippen LogP contribution in [0.15, 0.2) is 18.2 Å². The van der Waals surface area contributed by atoms with Crippen molar-refractivity contribution >= 4 is 0 Å². The third-order valence-corrected chi connectivity index (χ3v) is 4.03. The van der Waals surface area contributed by atoms with Crippen LogP contribution in [0.25, 0.3) is 0 Å². The Labute approximate surface area is 122 Å². The van der Waals surface area contributed by atoms with Crippen LogP contribution >= 0.6 is 0 Å². The topological polar surface area (TPSA) is 30.5 Å². The summed E-state index contributed by atoms with van der Waals surface area (Å²) in [5.41, 5.74) is 1.26. The quantitative estimate of drug-likeness (QED) is 0.745. The van der Waals surface area contributed by atoms with Crippen LogP contribution in [-0.4, -0.2) is 19.8 Å². The molecule has 0 atom stereocenters. The summed E-state index contributed by atoms with van der Waals surface area (Å²) < 4.78 is 11.4. The van der Waals surface area contributed by atoms with Crippen LogP contribution in [0.2, 0.25) is 0 Å². The molecule has 1 aliphatic rings. The molecule has 0 radical (unpaired) electrons. The fourth-order valence-corrected chi connectivity index (χ4v) is 2.23. The summed E-state index contributed by atoms with van der Waals surface area (Å²) in [4.78, 5) is 0. The molecule has 3 nitrogen and oxygen atoms in total. The van der Waals surface area contributed by atoms with Crippen LogP contribution in [-0.2, 0) is 6.54 Å². The minimum Gasteiger partial charge on any atom is -0.493 e. The molecule has 0 heterocycles. The van der Waals surface area contributed by atoms with Gasteiger partial charge in [0.25, 0.3) is 0 Å². The first kappa shape index (κ1) is 15.2. The molecule has 3 heteroatoms. The highest BCUT2D eigenvalue weighted by molar-refractivity contribution is 5.43. The second-order valence-electron chi connectivity index (χ2n) is 5.63. The molecule has 1 N–H and O–H groups in total. The van der Waals surface area contributed by atoms with Crippen LogP contribution in [0.4, 0.5) is 0 Å². The van der Waals surface area contributed by atoms with Gasteiger partial charge in [-0.15, -0.1) is 0 Å². The van der Waals surface area contributed by atoms with E-state index in [1.54, 1.807) is 7.11 Å². The SMILES string of the molecule is CCC(CC)COc1cc(CNC2CC2)ccc1OC. The van der Waals surface area contributed by atoms with Crippen molar-refractivity contribution < 1.29 is 9.47 Å². The van der Waals surface area contributed by atoms with E-state index < -0.39 is 0 Å². The Balaban J connectivity index is 1.97. The molecule has 0 bridgehead atoms. The molecule has 1 aliphatic carbocycles. The van der Waals surface area contributed by atoms with Crippen molar-refractivity contribution in [2.45, 2.75) is 52.1 Å². The third-order valence-electron chi connectivity index (χ3n) is 4.03. The smallest absolute Gasteiger partial charge is 0.161 e. The number of hydrogen-bond donors (Lipinski definition) is 1. The molecular formula is C17H27NO2. The van der Waals surface area contributed by atoms with Crippen molar-refractivity contribution in [1.29, 1.82) is 0 Å². The maximum absolute atomic E-state index is 5.98. The van der Waals surface area contributed by atoms with E-state index in [0.29, 0.717) is 5.92 Å². The highest BCUT2D eigenvalue weighted by atomic mass is 16.5. The zero-order valence-electron chi connectivity index (χ0n) is 12.9. The molecule has 2 rings (SSSR count). The Morgan fingerprint density at radius 2 is 1.95 bits per heavy atom. The molecule has 20 heavy (non-hydrogen) atoms. The number of benzene rings is 1. The van der Waals surface area contributed by atoms with E-state index in [-0.39, 0.29) is 0 Å². The van der Waals surface area contributed by atoms with E-state index in [1.807, 2.05) is 6.07 Å². The molecule has 1 aromatic rings. The minimum atomic E-state index is 0.618. The normalized spacial score (nSPS) is 14.6. The fourth-order valence-electron chi connectivity index (χ4n) is 2.23. The number of ether oxygens (including phenoxy) is 2. The molecule has 0 unspecified atom stereocenters. The van der Waals surface area contributed by atoms with Gasteiger partial charge in [-0.1, -0.05) is 32.8 Å². The van der Waals surface area contributed by atoms with Crippen LogP contribution in [0.5, 0.6) is 11.5 Å². The summed E-state index contributed by atoms with van der Waals surface area (Å²) in [6.07, 6.45) is 4.94. The Bertz CT molecular complexity index is 411. The van der Waals surface area contributed by atoms with E-state index in [4.69, 9.17) is 9.47 Å². The maximum atomic E-state index is 5.98. The summed E-state index contributed by atoms with van der Waals surface area (Å²) in [7, 11) is 1.70. The highest BCUT2D eigenvalue weighted by Crippen LogP contribution is 2.29. The maximum Gasteiger partial charge on any atom is 0.161 e. The Hall–Kier alpha value is -1.22. The lowest BCUT2D eigenvalue weighted by Crippen LogP contribution is -2.15. The van der Waals surface area contributed by atoms with Crippen molar-refractivity contribution in [3.05, 3.63) is 23.8 Å². The van der Waals surface area contributed by atoms with Gasteiger partial charge < -0.3 is 14.8 Å². The lowest BCUT2D eigenvalue weighted by atomic mass is 10.1. The van der Waals surface area contributed by atoms with Gasteiger partial charge in [0, 0.05) is 12.6 Å². The zero-order valence-corrected chi connectivity index (χ0v) is 12.9. The second-order valence-corrected chi connectivity index (χ2v) is 5.63. The van der Waals surface area contributed by atoms with Gasteiger partial charge in [-0.05, 0) is 36.5 Å². The van der Waals surface area contributed by atoms with Crippen LogP contribution in [0.1, 0.15) is 45.1 Å². The Kier molecular flexibility index (Phi) is 5.72. The van der Waals surface area contributed by atoms with Crippen LogP contribution in [0, 0.1) is 5.92 Å². The van der Waals surface area contributed by atoms with Gasteiger partial charge in [0.05, 0.1) is 13.7 Å². The molecule has 1 saturated carbocycles. The summed E-state index contributed by atoms with van der Waals surface area (Å²) >= 11 is 0. The third kappa shape index (κ3) is 4.41. The number of nitrogens with one attached hydrogen (secondary N) is 1. The average Bonchev–Trinajstić information content (AvgIpc) is 3.30. The molecule has 0 spiro atoms. The molecule has 1 aromatic carbocycles. The van der Waals surface area contributed by atoms with Crippen LogP contribution < -0.4 is 14.8 Å².